The summed E-state index contributed by atoms with van der Waals surface area (Å²) in [6, 6.07) is 14.6. The Hall–Kier alpha value is -3.61. The number of benzene rings is 2. The molecule has 2 aromatic carbocycles. The zero-order valence-corrected chi connectivity index (χ0v) is 18.3. The molecule has 2 amide bonds. The summed E-state index contributed by atoms with van der Waals surface area (Å²) in [6.45, 7) is 5.85. The number of nitrogens with one attached hydrogen (secondary N) is 1. The molecule has 3 rings (SSSR count). The molecular formula is C24H27N3O4. The summed E-state index contributed by atoms with van der Waals surface area (Å²) in [4.78, 5) is 26.9. The Kier molecular flexibility index (Phi) is 7.07. The van der Waals surface area contributed by atoms with Crippen LogP contribution in [-0.4, -0.2) is 35.5 Å². The summed E-state index contributed by atoms with van der Waals surface area (Å²) in [7, 11) is 1.60. The topological polar surface area (TPSA) is 84.7 Å². The van der Waals surface area contributed by atoms with E-state index >= 15 is 0 Å². The van der Waals surface area contributed by atoms with Gasteiger partial charge in [-0.05, 0) is 44.0 Å². The van der Waals surface area contributed by atoms with Crippen molar-refractivity contribution in [1.82, 2.24) is 10.1 Å². The number of nitrogens with zero attached hydrogens (tertiary/aromatic N) is 2. The molecule has 1 heterocycles. The van der Waals surface area contributed by atoms with Gasteiger partial charge in [0.1, 0.15) is 18.1 Å². The molecule has 1 N–H and O–H groups in total. The van der Waals surface area contributed by atoms with E-state index in [2.05, 4.69) is 10.5 Å². The minimum Gasteiger partial charge on any atom is -0.488 e. The third-order valence-electron chi connectivity index (χ3n) is 5.07. The number of aromatic nitrogens is 1. The van der Waals surface area contributed by atoms with Crippen LogP contribution in [0.4, 0.5) is 5.69 Å². The maximum absolute atomic E-state index is 13.0. The van der Waals surface area contributed by atoms with Gasteiger partial charge >= 0.3 is 0 Å². The number of hydrogen-bond acceptors (Lipinski definition) is 5. The van der Waals surface area contributed by atoms with Crippen LogP contribution in [-0.2, 0) is 17.8 Å². The Balaban J connectivity index is 1.67. The van der Waals surface area contributed by atoms with Gasteiger partial charge < -0.3 is 19.5 Å². The lowest BCUT2D eigenvalue weighted by Gasteiger charge is -2.19. The predicted octanol–water partition coefficient (Wildman–Crippen LogP) is 4.14. The number of rotatable bonds is 8. The number of carbonyl (C=O) groups is 2. The lowest BCUT2D eigenvalue weighted by Crippen LogP contribution is -2.35. The van der Waals surface area contributed by atoms with E-state index in [0.717, 1.165) is 28.9 Å². The quantitative estimate of drug-likeness (QED) is 0.591. The van der Waals surface area contributed by atoms with Gasteiger partial charge in [0, 0.05) is 12.7 Å². The van der Waals surface area contributed by atoms with Gasteiger partial charge in [0.25, 0.3) is 5.91 Å². The van der Waals surface area contributed by atoms with Crippen molar-refractivity contribution in [3.8, 4) is 5.75 Å². The summed E-state index contributed by atoms with van der Waals surface area (Å²) in [6.07, 6.45) is 0.807. The molecule has 31 heavy (non-hydrogen) atoms. The van der Waals surface area contributed by atoms with Crippen LogP contribution in [0.5, 0.6) is 5.75 Å². The molecule has 0 aliphatic heterocycles. The fourth-order valence-corrected chi connectivity index (χ4v) is 3.26. The highest BCUT2D eigenvalue weighted by Gasteiger charge is 2.20. The van der Waals surface area contributed by atoms with Gasteiger partial charge in [0.2, 0.25) is 5.91 Å². The molecular weight excluding hydrogens is 394 g/mol. The monoisotopic (exact) mass is 421 g/mol. The maximum atomic E-state index is 13.0. The van der Waals surface area contributed by atoms with Crippen molar-refractivity contribution in [3.63, 3.8) is 0 Å². The second-order valence-corrected chi connectivity index (χ2v) is 7.31. The number of anilines is 1. The molecule has 1 aromatic heterocycles. The smallest absolute Gasteiger partial charge is 0.257 e. The first-order chi connectivity index (χ1) is 14.9. The SMILES string of the molecule is CCc1ccccc1NC(=O)CN(C)C(=O)c1ccccc1OCc1c(C)noc1C. The number of aryl methyl sites for hydroxylation is 3. The minimum atomic E-state index is -0.298. The van der Waals surface area contributed by atoms with Gasteiger partial charge in [-0.3, -0.25) is 9.59 Å². The third kappa shape index (κ3) is 5.31. The molecule has 0 aliphatic carbocycles. The van der Waals surface area contributed by atoms with Crippen LogP contribution in [0.15, 0.2) is 53.1 Å². The average Bonchev–Trinajstić information content (AvgIpc) is 3.09. The standard InChI is InChI=1S/C24H27N3O4/c1-5-18-10-6-8-12-21(18)25-23(28)14-27(4)24(29)19-11-7-9-13-22(19)30-15-20-16(2)26-31-17(20)3/h6-13H,5,14-15H2,1-4H3,(H,25,28). The van der Waals surface area contributed by atoms with Crippen molar-refractivity contribution in [2.45, 2.75) is 33.8 Å². The molecule has 0 fully saturated rings. The molecule has 0 saturated heterocycles. The van der Waals surface area contributed by atoms with E-state index in [4.69, 9.17) is 9.26 Å². The predicted molar refractivity (Wildman–Crippen MR) is 118 cm³/mol. The lowest BCUT2D eigenvalue weighted by atomic mass is 10.1. The van der Waals surface area contributed by atoms with E-state index in [1.54, 1.807) is 31.3 Å². The van der Waals surface area contributed by atoms with Crippen LogP contribution >= 0.6 is 0 Å². The zero-order chi connectivity index (χ0) is 22.4. The van der Waals surface area contributed by atoms with Crippen molar-refractivity contribution in [3.05, 3.63) is 76.7 Å². The van der Waals surface area contributed by atoms with Crippen LogP contribution in [0.25, 0.3) is 0 Å². The van der Waals surface area contributed by atoms with Crippen LogP contribution in [0.1, 0.15) is 39.9 Å². The number of amides is 2. The fraction of sp³-hybridized carbons (Fsp3) is 0.292. The van der Waals surface area contributed by atoms with Crippen molar-refractivity contribution >= 4 is 17.5 Å². The van der Waals surface area contributed by atoms with Crippen LogP contribution < -0.4 is 10.1 Å². The summed E-state index contributed by atoms with van der Waals surface area (Å²) >= 11 is 0. The van der Waals surface area contributed by atoms with Crippen molar-refractivity contribution in [2.24, 2.45) is 0 Å². The van der Waals surface area contributed by atoms with Crippen LogP contribution in [0.3, 0.4) is 0 Å². The van der Waals surface area contributed by atoms with Gasteiger partial charge in [0.05, 0.1) is 23.4 Å². The fourth-order valence-electron chi connectivity index (χ4n) is 3.26. The Bertz CT molecular complexity index is 1050. The molecule has 0 radical (unpaired) electrons. The molecule has 162 valence electrons. The first-order valence-corrected chi connectivity index (χ1v) is 10.2. The van der Waals surface area contributed by atoms with Crippen LogP contribution in [0.2, 0.25) is 0 Å². The number of likely N-dealkylation sites (N-methyl/N-ethyl adjacent to an activating group) is 1. The van der Waals surface area contributed by atoms with Gasteiger partial charge in [-0.2, -0.15) is 0 Å². The number of para-hydroxylation sites is 2. The Morgan fingerprint density at radius 3 is 2.52 bits per heavy atom. The molecule has 7 nitrogen and oxygen atoms in total. The van der Waals surface area contributed by atoms with Crippen molar-refractivity contribution in [2.75, 3.05) is 18.9 Å². The van der Waals surface area contributed by atoms with Crippen molar-refractivity contribution in [1.29, 1.82) is 0 Å². The normalized spacial score (nSPS) is 10.6. The average molecular weight is 421 g/mol. The highest BCUT2D eigenvalue weighted by Crippen LogP contribution is 2.23. The first kappa shape index (κ1) is 22.1. The van der Waals surface area contributed by atoms with E-state index in [9.17, 15) is 9.59 Å². The van der Waals surface area contributed by atoms with Crippen molar-refractivity contribution < 1.29 is 18.8 Å². The molecule has 0 bridgehead atoms. The Labute approximate surface area is 182 Å². The zero-order valence-electron chi connectivity index (χ0n) is 18.3. The molecule has 0 atom stereocenters. The molecule has 3 aromatic rings. The summed E-state index contributed by atoms with van der Waals surface area (Å²) in [5.41, 5.74) is 3.80. The van der Waals surface area contributed by atoms with E-state index in [1.165, 1.54) is 4.90 Å². The minimum absolute atomic E-state index is 0.0743. The molecule has 0 unspecified atom stereocenters. The molecule has 0 saturated carbocycles. The lowest BCUT2D eigenvalue weighted by molar-refractivity contribution is -0.116. The second kappa shape index (κ2) is 9.93. The number of carbonyl (C=O) groups excluding carboxylic acids is 2. The second-order valence-electron chi connectivity index (χ2n) is 7.31. The van der Waals surface area contributed by atoms with Gasteiger partial charge in [-0.1, -0.05) is 42.4 Å². The van der Waals surface area contributed by atoms with Gasteiger partial charge in [-0.15, -0.1) is 0 Å². The van der Waals surface area contributed by atoms with E-state index in [0.29, 0.717) is 17.1 Å². The Morgan fingerprint density at radius 1 is 1.10 bits per heavy atom. The van der Waals surface area contributed by atoms with Gasteiger partial charge in [-0.25, -0.2) is 0 Å². The highest BCUT2D eigenvalue weighted by molar-refractivity contribution is 6.00. The Morgan fingerprint density at radius 2 is 1.81 bits per heavy atom. The molecule has 7 heteroatoms. The first-order valence-electron chi connectivity index (χ1n) is 10.2. The van der Waals surface area contributed by atoms with Crippen LogP contribution in [0, 0.1) is 13.8 Å². The van der Waals surface area contributed by atoms with E-state index < -0.39 is 0 Å². The summed E-state index contributed by atoms with van der Waals surface area (Å²) < 4.78 is 11.1. The van der Waals surface area contributed by atoms with E-state index in [1.807, 2.05) is 45.0 Å². The molecule has 0 aliphatic rings. The van der Waals surface area contributed by atoms with Gasteiger partial charge in [0.15, 0.2) is 0 Å². The number of ether oxygens (including phenoxy) is 1. The summed E-state index contributed by atoms with van der Waals surface area (Å²) in [5, 5.41) is 6.81. The molecule has 0 spiro atoms. The maximum Gasteiger partial charge on any atom is 0.257 e. The largest absolute Gasteiger partial charge is 0.488 e. The highest BCUT2D eigenvalue weighted by atomic mass is 16.5. The summed E-state index contributed by atoms with van der Waals surface area (Å²) in [5.74, 6) is 0.567. The third-order valence-corrected chi connectivity index (χ3v) is 5.07. The number of hydrogen-bond donors (Lipinski definition) is 1. The van der Waals surface area contributed by atoms with E-state index in [-0.39, 0.29) is 25.0 Å².